The summed E-state index contributed by atoms with van der Waals surface area (Å²) in [4.78, 5) is 0. The zero-order chi connectivity index (χ0) is 6.73. The van der Waals surface area contributed by atoms with E-state index in [-0.39, 0.29) is 0 Å². The van der Waals surface area contributed by atoms with E-state index in [4.69, 9.17) is 0 Å². The molecule has 0 saturated heterocycles. The number of halogens is 1. The maximum absolute atomic E-state index is 2.57. The molecule has 0 aliphatic heterocycles. The van der Waals surface area contributed by atoms with Gasteiger partial charge in [-0.15, -0.1) is 0 Å². The second-order valence-electron chi connectivity index (χ2n) is 2.06. The Morgan fingerprint density at radius 1 is 1.00 bits per heavy atom. The van der Waals surface area contributed by atoms with Gasteiger partial charge in [-0.2, -0.15) is 0 Å². The van der Waals surface area contributed by atoms with Crippen LogP contribution >= 0.6 is 18.6 Å². The summed E-state index contributed by atoms with van der Waals surface area (Å²) < 4.78 is 4.70. The van der Waals surface area contributed by atoms with Gasteiger partial charge in [0.1, 0.15) is 0 Å². The first-order valence-corrected chi connectivity index (χ1v) is 13.3. The molecule has 0 bridgehead atoms. The average Bonchev–Trinajstić information content (AvgIpc) is 1.64. The molecule has 0 saturated carbocycles. The molecular formula is C4H12IN2Sn-. The Morgan fingerprint density at radius 3 is 1.25 bits per heavy atom. The van der Waals surface area contributed by atoms with Crippen molar-refractivity contribution in [3.8, 4) is 0 Å². The first kappa shape index (κ1) is 9.45. The molecule has 0 fully saturated rings. The number of rotatable bonds is 2. The number of nitrogens with zero attached hydrogens (tertiary/aromatic N) is 2. The summed E-state index contributed by atoms with van der Waals surface area (Å²) >= 11 is 1.35. The second kappa shape index (κ2) is 4.29. The summed E-state index contributed by atoms with van der Waals surface area (Å²) in [6.45, 7) is 0. The van der Waals surface area contributed by atoms with Crippen LogP contribution in [0, 0.1) is 0 Å². The third-order valence-corrected chi connectivity index (χ3v) is 17.9. The Bertz CT molecular complexity index is 59.1. The molecule has 0 N–H and O–H groups in total. The molecule has 2 nitrogen and oxygen atoms in total. The van der Waals surface area contributed by atoms with Crippen molar-refractivity contribution in [1.29, 1.82) is 0 Å². The molecular weight excluding hydrogens is 322 g/mol. The average molecular weight is 334 g/mol. The summed E-state index contributed by atoms with van der Waals surface area (Å²) in [6.07, 6.45) is 0. The van der Waals surface area contributed by atoms with Crippen LogP contribution in [0.3, 0.4) is 0 Å². The van der Waals surface area contributed by atoms with E-state index < -0.39 is 16.3 Å². The Hall–Kier alpha value is 1.45. The van der Waals surface area contributed by atoms with Crippen LogP contribution in [0.15, 0.2) is 0 Å². The summed E-state index contributed by atoms with van der Waals surface area (Å²) in [7, 11) is 8.62. The van der Waals surface area contributed by atoms with Crippen LogP contribution in [0.2, 0.25) is 0 Å². The van der Waals surface area contributed by atoms with Crippen LogP contribution in [-0.2, 0) is 0 Å². The molecule has 50 valence electrons. The van der Waals surface area contributed by atoms with Crippen molar-refractivity contribution >= 4 is 35.0 Å². The predicted octanol–water partition coefficient (Wildman–Crippen LogP) is 0.529. The maximum atomic E-state index is 2.57. The van der Waals surface area contributed by atoms with E-state index in [0.717, 1.165) is 0 Å². The molecule has 0 unspecified atom stereocenters. The van der Waals surface area contributed by atoms with Gasteiger partial charge in [-0.3, -0.25) is 0 Å². The van der Waals surface area contributed by atoms with Crippen LogP contribution < -0.4 is 0 Å². The fourth-order valence-electron chi connectivity index (χ4n) is 0.400. The molecule has 0 aromatic carbocycles. The van der Waals surface area contributed by atoms with Gasteiger partial charge in [0.2, 0.25) is 0 Å². The second-order valence-corrected chi connectivity index (χ2v) is 15.2. The minimum absolute atomic E-state index is 1.22. The van der Waals surface area contributed by atoms with E-state index in [2.05, 4.69) is 53.1 Å². The summed E-state index contributed by atoms with van der Waals surface area (Å²) in [5, 5.41) is 0. The van der Waals surface area contributed by atoms with E-state index in [1.807, 2.05) is 0 Å². The molecule has 0 radical (unpaired) electrons. The van der Waals surface area contributed by atoms with Crippen LogP contribution in [0.5, 0.6) is 0 Å². The molecule has 8 heavy (non-hydrogen) atoms. The first-order chi connectivity index (χ1) is 3.55. The molecule has 0 spiro atoms. The van der Waals surface area contributed by atoms with Crippen molar-refractivity contribution in [3.63, 3.8) is 0 Å². The van der Waals surface area contributed by atoms with Crippen LogP contribution in [0.4, 0.5) is 0 Å². The molecule has 0 aliphatic rings. The zero-order valence-corrected chi connectivity index (χ0v) is 10.8. The van der Waals surface area contributed by atoms with Gasteiger partial charge in [-0.05, 0) is 0 Å². The Labute approximate surface area is 68.9 Å². The van der Waals surface area contributed by atoms with Gasteiger partial charge < -0.3 is 0 Å². The molecule has 0 heterocycles. The molecule has 0 atom stereocenters. The fraction of sp³-hybridized carbons (Fsp3) is 1.00. The standard InChI is InChI=1S/2C2H6N.HI.Sn/c2*1-3-2;;/h2*1-2H3;1H;/q2*-1;;+2/p-1. The normalized spacial score (nSPS) is 12.0. The van der Waals surface area contributed by atoms with E-state index in [1.54, 1.807) is 0 Å². The van der Waals surface area contributed by atoms with Crippen LogP contribution in [0.1, 0.15) is 0 Å². The first-order valence-electron chi connectivity index (χ1n) is 2.43. The van der Waals surface area contributed by atoms with Crippen molar-refractivity contribution in [2.24, 2.45) is 0 Å². The van der Waals surface area contributed by atoms with E-state index in [1.165, 1.54) is 0 Å². The molecule has 0 rings (SSSR count). The number of hydrogen-bond donors (Lipinski definition) is 0. The van der Waals surface area contributed by atoms with Crippen molar-refractivity contribution < 1.29 is 0 Å². The molecule has 4 heteroatoms. The SMILES string of the molecule is C[N](C)[Sn-]([I])[N](C)C. The van der Waals surface area contributed by atoms with Crippen molar-refractivity contribution in [2.75, 3.05) is 28.2 Å². The van der Waals surface area contributed by atoms with E-state index in [9.17, 15) is 0 Å². The monoisotopic (exact) mass is 335 g/mol. The summed E-state index contributed by atoms with van der Waals surface area (Å²) in [5.41, 5.74) is 0. The Morgan fingerprint density at radius 2 is 1.25 bits per heavy atom. The number of hydrogen-bond acceptors (Lipinski definition) is 2. The van der Waals surface area contributed by atoms with E-state index >= 15 is 0 Å². The molecule has 0 aliphatic carbocycles. The van der Waals surface area contributed by atoms with Crippen LogP contribution in [-0.4, -0.2) is 50.8 Å². The van der Waals surface area contributed by atoms with Gasteiger partial charge in [-0.25, -0.2) is 0 Å². The predicted molar refractivity (Wildman–Crippen MR) is 47.1 cm³/mol. The molecule has 0 aromatic heterocycles. The van der Waals surface area contributed by atoms with Crippen molar-refractivity contribution in [1.82, 2.24) is 6.24 Å². The van der Waals surface area contributed by atoms with E-state index in [0.29, 0.717) is 0 Å². The fourth-order valence-corrected chi connectivity index (χ4v) is 2.68. The quantitative estimate of drug-likeness (QED) is 0.537. The van der Waals surface area contributed by atoms with Crippen LogP contribution in [0.25, 0.3) is 0 Å². The van der Waals surface area contributed by atoms with Gasteiger partial charge in [0.15, 0.2) is 0 Å². The van der Waals surface area contributed by atoms with Gasteiger partial charge in [-0.1, -0.05) is 0 Å². The third kappa shape index (κ3) is 3.47. The topological polar surface area (TPSA) is 6.48 Å². The Kier molecular flexibility index (Phi) is 5.07. The summed E-state index contributed by atoms with van der Waals surface area (Å²) in [6, 6.07) is 0. The Balaban J connectivity index is 3.46. The molecule has 0 aromatic rings. The van der Waals surface area contributed by atoms with Crippen molar-refractivity contribution in [3.05, 3.63) is 0 Å². The minimum atomic E-state index is -1.22. The van der Waals surface area contributed by atoms with Gasteiger partial charge in [0, 0.05) is 0 Å². The molecule has 0 amide bonds. The van der Waals surface area contributed by atoms with Gasteiger partial charge in [0.25, 0.3) is 0 Å². The summed E-state index contributed by atoms with van der Waals surface area (Å²) in [5.74, 6) is 0. The van der Waals surface area contributed by atoms with Crippen molar-refractivity contribution in [2.45, 2.75) is 0 Å². The zero-order valence-electron chi connectivity index (χ0n) is 5.77. The van der Waals surface area contributed by atoms with Gasteiger partial charge >= 0.3 is 69.4 Å². The van der Waals surface area contributed by atoms with Gasteiger partial charge in [0.05, 0.1) is 0 Å². The third-order valence-electron chi connectivity index (χ3n) is 0.738.